The second-order valence-electron chi connectivity index (χ2n) is 5.61. The quantitative estimate of drug-likeness (QED) is 0.546. The van der Waals surface area contributed by atoms with Crippen LogP contribution in [0, 0.1) is 0 Å². The van der Waals surface area contributed by atoms with Gasteiger partial charge in [-0.15, -0.1) is 0 Å². The van der Waals surface area contributed by atoms with E-state index in [4.69, 9.17) is 18.9 Å². The van der Waals surface area contributed by atoms with Crippen molar-refractivity contribution in [1.29, 1.82) is 0 Å². The Morgan fingerprint density at radius 1 is 0.923 bits per heavy atom. The molecule has 142 valence electrons. The predicted octanol–water partition coefficient (Wildman–Crippen LogP) is 0.946. The summed E-state index contributed by atoms with van der Waals surface area (Å²) in [5, 5.41) is 0. The number of esters is 3. The summed E-state index contributed by atoms with van der Waals surface area (Å²) in [7, 11) is -1.71. The molecule has 0 radical (unpaired) electrons. The molecule has 0 aromatic heterocycles. The second-order valence-corrected chi connectivity index (χ2v) is 7.14. The van der Waals surface area contributed by atoms with Crippen molar-refractivity contribution in [2.75, 3.05) is 6.61 Å². The molecule has 0 N–H and O–H groups in total. The summed E-state index contributed by atoms with van der Waals surface area (Å²) in [5.41, 5.74) is -1.09. The van der Waals surface area contributed by atoms with Crippen LogP contribution in [0.2, 0.25) is 0 Å². The van der Waals surface area contributed by atoms with Crippen LogP contribution in [-0.4, -0.2) is 52.5 Å². The molecule has 1 saturated heterocycles. The van der Waals surface area contributed by atoms with Crippen LogP contribution in [0.5, 0.6) is 0 Å². The number of carbonyl (C=O) groups is 3. The molecular weight excluding hydrogens is 364 g/mol. The lowest BCUT2D eigenvalue weighted by atomic mass is 10.1. The first-order valence-corrected chi connectivity index (χ1v) is 9.09. The average molecular weight is 384 g/mol. The summed E-state index contributed by atoms with van der Waals surface area (Å²) < 4.78 is 34.1. The fourth-order valence-corrected chi connectivity index (χ4v) is 3.93. The van der Waals surface area contributed by atoms with Gasteiger partial charge in [0.15, 0.2) is 23.7 Å². The zero-order valence-electron chi connectivity index (χ0n) is 14.6. The Bertz CT molecular complexity index is 689. The van der Waals surface area contributed by atoms with Gasteiger partial charge < -0.3 is 18.9 Å². The van der Waals surface area contributed by atoms with Gasteiger partial charge in [-0.1, -0.05) is 18.2 Å². The van der Waals surface area contributed by atoms with Gasteiger partial charge in [-0.2, -0.15) is 0 Å². The molecule has 1 fully saturated rings. The molecule has 0 saturated carbocycles. The van der Waals surface area contributed by atoms with E-state index in [1.54, 1.807) is 30.3 Å². The minimum absolute atomic E-state index is 0.154. The molecule has 9 heteroatoms. The van der Waals surface area contributed by atoms with Crippen LogP contribution in [0.3, 0.4) is 0 Å². The smallest absolute Gasteiger partial charge is 0.303 e. The summed E-state index contributed by atoms with van der Waals surface area (Å²) in [6.45, 7) is 3.38. The van der Waals surface area contributed by atoms with Crippen molar-refractivity contribution in [3.05, 3.63) is 30.3 Å². The summed E-state index contributed by atoms with van der Waals surface area (Å²) in [4.78, 5) is 34.8. The first-order chi connectivity index (χ1) is 12.3. The van der Waals surface area contributed by atoms with Crippen LogP contribution < -0.4 is 0 Å². The van der Waals surface area contributed by atoms with Crippen LogP contribution >= 0.6 is 0 Å². The van der Waals surface area contributed by atoms with E-state index in [1.807, 2.05) is 0 Å². The normalized spacial score (nSPS) is 26.4. The molecule has 0 bridgehead atoms. The molecule has 2 rings (SSSR count). The molecule has 1 heterocycles. The van der Waals surface area contributed by atoms with E-state index < -0.39 is 52.5 Å². The second kappa shape index (κ2) is 8.91. The van der Waals surface area contributed by atoms with Crippen LogP contribution in [0.25, 0.3) is 0 Å². The third kappa shape index (κ3) is 5.12. The van der Waals surface area contributed by atoms with Crippen molar-refractivity contribution in [3.63, 3.8) is 0 Å². The molecule has 8 nitrogen and oxygen atoms in total. The van der Waals surface area contributed by atoms with E-state index in [9.17, 15) is 18.6 Å². The summed E-state index contributed by atoms with van der Waals surface area (Å²) >= 11 is 0. The van der Waals surface area contributed by atoms with Gasteiger partial charge in [-0.05, 0) is 12.1 Å². The van der Waals surface area contributed by atoms with Gasteiger partial charge in [-0.25, -0.2) is 0 Å². The Balaban J connectivity index is 2.35. The lowest BCUT2D eigenvalue weighted by Crippen LogP contribution is -2.58. The number of hydrogen-bond donors (Lipinski definition) is 0. The highest BCUT2D eigenvalue weighted by atomic mass is 32.2. The molecule has 0 aliphatic carbocycles. The highest BCUT2D eigenvalue weighted by Gasteiger charge is 2.49. The van der Waals surface area contributed by atoms with Crippen molar-refractivity contribution in [2.24, 2.45) is 0 Å². The van der Waals surface area contributed by atoms with Crippen LogP contribution in [0.15, 0.2) is 35.2 Å². The first-order valence-electron chi connectivity index (χ1n) is 7.88. The third-order valence-corrected chi connectivity index (χ3v) is 5.05. The monoisotopic (exact) mass is 384 g/mol. The molecule has 0 spiro atoms. The van der Waals surface area contributed by atoms with Crippen molar-refractivity contribution in [3.8, 4) is 0 Å². The first kappa shape index (κ1) is 20.1. The Hall–Kier alpha value is -2.26. The predicted molar refractivity (Wildman–Crippen MR) is 89.3 cm³/mol. The van der Waals surface area contributed by atoms with E-state index in [2.05, 4.69) is 0 Å². The maximum Gasteiger partial charge on any atom is 0.303 e. The summed E-state index contributed by atoms with van der Waals surface area (Å²) in [6.07, 6.45) is -3.31. The van der Waals surface area contributed by atoms with Gasteiger partial charge in [0, 0.05) is 25.7 Å². The number of hydrogen-bond acceptors (Lipinski definition) is 8. The minimum atomic E-state index is -1.71. The van der Waals surface area contributed by atoms with Crippen LogP contribution in [0.4, 0.5) is 0 Å². The van der Waals surface area contributed by atoms with Crippen molar-refractivity contribution in [2.45, 2.75) is 49.4 Å². The lowest BCUT2D eigenvalue weighted by molar-refractivity contribution is -0.213. The number of ether oxygens (including phenoxy) is 4. The molecule has 1 aromatic carbocycles. The zero-order chi connectivity index (χ0) is 19.3. The maximum absolute atomic E-state index is 12.9. The number of rotatable bonds is 5. The highest BCUT2D eigenvalue weighted by Crippen LogP contribution is 2.28. The number of benzene rings is 1. The molecule has 1 aliphatic rings. The van der Waals surface area contributed by atoms with E-state index in [1.165, 1.54) is 20.8 Å². The average Bonchev–Trinajstić information content (AvgIpc) is 2.57. The van der Waals surface area contributed by atoms with Crippen LogP contribution in [0.1, 0.15) is 20.8 Å². The molecule has 5 atom stereocenters. The Labute approximate surface area is 153 Å². The largest absolute Gasteiger partial charge is 0.456 e. The Morgan fingerprint density at radius 3 is 2.00 bits per heavy atom. The lowest BCUT2D eigenvalue weighted by Gasteiger charge is -2.39. The van der Waals surface area contributed by atoms with E-state index in [0.29, 0.717) is 4.90 Å². The summed E-state index contributed by atoms with van der Waals surface area (Å²) in [5.74, 6) is -1.94. The molecular formula is C17H20O8S. The molecule has 1 aromatic rings. The van der Waals surface area contributed by atoms with Crippen molar-refractivity contribution in [1.82, 2.24) is 0 Å². The van der Waals surface area contributed by atoms with E-state index >= 15 is 0 Å². The standard InChI is InChI=1S/C17H20O8S/c1-10(18)23-14-9-22-17(26(21)13-7-5-4-6-8-13)16(25-12(3)20)15(14)24-11(2)19/h4-8,14-17H,9H2,1-3H3/t14-,15+,16-,17+,26?/m1/s1. The Kier molecular flexibility index (Phi) is 6.87. The topological polar surface area (TPSA) is 105 Å². The van der Waals surface area contributed by atoms with E-state index in [-0.39, 0.29) is 6.61 Å². The van der Waals surface area contributed by atoms with Gasteiger partial charge in [0.1, 0.15) is 0 Å². The van der Waals surface area contributed by atoms with Crippen molar-refractivity contribution >= 4 is 28.7 Å². The third-order valence-electron chi connectivity index (χ3n) is 3.49. The number of carbonyl (C=O) groups excluding carboxylic acids is 3. The van der Waals surface area contributed by atoms with Gasteiger partial charge in [0.25, 0.3) is 0 Å². The molecule has 0 amide bonds. The van der Waals surface area contributed by atoms with Gasteiger partial charge in [0.2, 0.25) is 0 Å². The van der Waals surface area contributed by atoms with Gasteiger partial charge >= 0.3 is 17.9 Å². The molecule has 1 unspecified atom stereocenters. The highest BCUT2D eigenvalue weighted by molar-refractivity contribution is 7.85. The fraction of sp³-hybridized carbons (Fsp3) is 0.471. The maximum atomic E-state index is 12.9. The van der Waals surface area contributed by atoms with Crippen LogP contribution in [-0.2, 0) is 44.1 Å². The minimum Gasteiger partial charge on any atom is -0.456 e. The van der Waals surface area contributed by atoms with E-state index in [0.717, 1.165) is 0 Å². The Morgan fingerprint density at radius 2 is 1.46 bits per heavy atom. The molecule has 1 aliphatic heterocycles. The van der Waals surface area contributed by atoms with Crippen molar-refractivity contribution < 1.29 is 37.5 Å². The van der Waals surface area contributed by atoms with Gasteiger partial charge in [0.05, 0.1) is 17.4 Å². The molecule has 26 heavy (non-hydrogen) atoms. The fourth-order valence-electron chi connectivity index (χ4n) is 2.58. The SMILES string of the molecule is CC(=O)O[C@@H]1[C@@H](OC(C)=O)[C@H](OC(C)=O)CO[C@H]1S(=O)c1ccccc1. The summed E-state index contributed by atoms with van der Waals surface area (Å²) in [6, 6.07) is 8.47. The van der Waals surface area contributed by atoms with Gasteiger partial charge in [-0.3, -0.25) is 18.6 Å². The zero-order valence-corrected chi connectivity index (χ0v) is 15.4.